The van der Waals surface area contributed by atoms with Crippen LogP contribution in [0.1, 0.15) is 50.2 Å². The molecule has 144 valence electrons. The van der Waals surface area contributed by atoms with Crippen LogP contribution >= 0.6 is 0 Å². The van der Waals surface area contributed by atoms with Crippen LogP contribution in [-0.4, -0.2) is 36.9 Å². The fourth-order valence-electron chi connectivity index (χ4n) is 6.32. The van der Waals surface area contributed by atoms with Crippen molar-refractivity contribution in [1.82, 2.24) is 4.90 Å². The normalized spacial score (nSPS) is 35.3. The van der Waals surface area contributed by atoms with Gasteiger partial charge in [-0.15, -0.1) is 0 Å². The number of carbonyl (C=O) groups is 1. The first kappa shape index (κ1) is 17.5. The molecule has 5 rings (SSSR count). The molecular weight excluding hydrogens is 334 g/mol. The molecule has 3 aliphatic carbocycles. The topological polar surface area (TPSA) is 29.5 Å². The van der Waals surface area contributed by atoms with Crippen molar-refractivity contribution in [3.8, 4) is 5.75 Å². The molecule has 4 atom stereocenters. The van der Waals surface area contributed by atoms with Crippen molar-refractivity contribution in [1.29, 1.82) is 0 Å². The van der Waals surface area contributed by atoms with E-state index < -0.39 is 0 Å². The highest BCUT2D eigenvalue weighted by atomic mass is 16.5. The van der Waals surface area contributed by atoms with E-state index in [0.717, 1.165) is 43.0 Å². The Labute approximate surface area is 162 Å². The lowest BCUT2D eigenvalue weighted by Crippen LogP contribution is -2.63. The highest BCUT2D eigenvalue weighted by Gasteiger charge is 2.57. The zero-order chi connectivity index (χ0) is 18.8. The summed E-state index contributed by atoms with van der Waals surface area (Å²) >= 11 is 0. The predicted octanol–water partition coefficient (Wildman–Crippen LogP) is 4.14. The van der Waals surface area contributed by atoms with Crippen molar-refractivity contribution in [2.45, 2.75) is 56.9 Å². The number of hydrogen-bond donors (Lipinski definition) is 0. The lowest BCUT2D eigenvalue weighted by atomic mass is 9.50. The molecule has 2 saturated carbocycles. The van der Waals surface area contributed by atoms with Gasteiger partial charge in [-0.1, -0.05) is 18.2 Å². The molecule has 3 fully saturated rings. The van der Waals surface area contributed by atoms with Gasteiger partial charge in [-0.2, -0.15) is 0 Å². The lowest BCUT2D eigenvalue weighted by Gasteiger charge is -2.59. The first-order valence-corrected chi connectivity index (χ1v) is 10.6. The number of nitrogens with zero attached hydrogens (tertiary/aromatic N) is 1. The maximum atomic E-state index is 13.1. The standard InChI is InChI=1S/C24H31NO2/c1-15(2)19-12-21-22-10-17-6-7-18(27-3)11-20(17)24(21,13-23(19)26)8-9-25(22)14-16-4-5-16/h6-7,11,16,19,21-22H,1,4-5,8-10,12-14H2,2-3H3/t19-,21-,22+,24+/m0/s1. The molecule has 1 aromatic rings. The van der Waals surface area contributed by atoms with Gasteiger partial charge in [-0.3, -0.25) is 9.69 Å². The van der Waals surface area contributed by atoms with Gasteiger partial charge in [0, 0.05) is 30.3 Å². The van der Waals surface area contributed by atoms with E-state index in [9.17, 15) is 4.79 Å². The molecule has 3 heteroatoms. The smallest absolute Gasteiger partial charge is 0.140 e. The third-order valence-corrected chi connectivity index (χ3v) is 7.92. The number of likely N-dealkylation sites (tertiary alicyclic amines) is 1. The second-order valence-corrected chi connectivity index (χ2v) is 9.52. The third-order valence-electron chi connectivity index (χ3n) is 7.92. The minimum absolute atomic E-state index is 0.00980. The molecule has 0 radical (unpaired) electrons. The highest BCUT2D eigenvalue weighted by Crippen LogP contribution is 2.57. The molecule has 1 aliphatic heterocycles. The Morgan fingerprint density at radius 3 is 2.89 bits per heavy atom. The number of carbonyl (C=O) groups excluding carboxylic acids is 1. The summed E-state index contributed by atoms with van der Waals surface area (Å²) in [5, 5.41) is 0. The maximum absolute atomic E-state index is 13.1. The van der Waals surface area contributed by atoms with Gasteiger partial charge in [-0.25, -0.2) is 0 Å². The molecule has 27 heavy (non-hydrogen) atoms. The Bertz CT molecular complexity index is 796. The average molecular weight is 366 g/mol. The van der Waals surface area contributed by atoms with E-state index in [-0.39, 0.29) is 11.3 Å². The number of ether oxygens (including phenoxy) is 1. The Hall–Kier alpha value is -1.61. The number of fused-ring (bicyclic) bond motifs is 1. The van der Waals surface area contributed by atoms with Crippen molar-refractivity contribution in [3.63, 3.8) is 0 Å². The maximum Gasteiger partial charge on any atom is 0.140 e. The molecular formula is C24H31NO2. The summed E-state index contributed by atoms with van der Waals surface area (Å²) in [6, 6.07) is 7.17. The zero-order valence-corrected chi connectivity index (χ0v) is 16.7. The summed E-state index contributed by atoms with van der Waals surface area (Å²) in [6.45, 7) is 8.59. The minimum Gasteiger partial charge on any atom is -0.497 e. The molecule has 3 nitrogen and oxygen atoms in total. The van der Waals surface area contributed by atoms with Gasteiger partial charge >= 0.3 is 0 Å². The molecule has 0 spiro atoms. The molecule has 0 aromatic heterocycles. The molecule has 0 amide bonds. The van der Waals surface area contributed by atoms with Gasteiger partial charge in [0.05, 0.1) is 7.11 Å². The van der Waals surface area contributed by atoms with Crippen LogP contribution in [0.2, 0.25) is 0 Å². The Morgan fingerprint density at radius 1 is 1.37 bits per heavy atom. The van der Waals surface area contributed by atoms with Crippen LogP contribution in [0.15, 0.2) is 30.4 Å². The minimum atomic E-state index is 0.00980. The van der Waals surface area contributed by atoms with E-state index >= 15 is 0 Å². The second kappa shape index (κ2) is 6.20. The summed E-state index contributed by atoms with van der Waals surface area (Å²) in [5.74, 6) is 2.86. The molecule has 2 bridgehead atoms. The number of benzene rings is 1. The number of rotatable bonds is 4. The zero-order valence-electron chi connectivity index (χ0n) is 16.7. The number of allylic oxidation sites excluding steroid dienone is 1. The summed E-state index contributed by atoms with van der Waals surface area (Å²) < 4.78 is 5.55. The van der Waals surface area contributed by atoms with E-state index in [4.69, 9.17) is 4.74 Å². The van der Waals surface area contributed by atoms with Crippen molar-refractivity contribution < 1.29 is 9.53 Å². The van der Waals surface area contributed by atoms with Gasteiger partial charge in [0.2, 0.25) is 0 Å². The first-order chi connectivity index (χ1) is 13.0. The van der Waals surface area contributed by atoms with Gasteiger partial charge in [0.25, 0.3) is 0 Å². The molecule has 1 heterocycles. The third kappa shape index (κ3) is 2.69. The van der Waals surface area contributed by atoms with Gasteiger partial charge in [-0.05, 0) is 80.7 Å². The van der Waals surface area contributed by atoms with Gasteiger partial charge < -0.3 is 4.74 Å². The number of ketones is 1. The van der Waals surface area contributed by atoms with Crippen LogP contribution in [0.4, 0.5) is 0 Å². The molecule has 1 saturated heterocycles. The van der Waals surface area contributed by atoms with Gasteiger partial charge in [0.1, 0.15) is 11.5 Å². The summed E-state index contributed by atoms with van der Waals surface area (Å²) in [7, 11) is 1.74. The molecule has 1 aromatic carbocycles. The van der Waals surface area contributed by atoms with E-state index in [2.05, 4.69) is 29.7 Å². The summed E-state index contributed by atoms with van der Waals surface area (Å²) in [5.41, 5.74) is 3.91. The van der Waals surface area contributed by atoms with Crippen molar-refractivity contribution >= 4 is 5.78 Å². The second-order valence-electron chi connectivity index (χ2n) is 9.52. The van der Waals surface area contributed by atoms with E-state index in [1.54, 1.807) is 7.11 Å². The number of piperidine rings is 1. The van der Waals surface area contributed by atoms with Crippen LogP contribution < -0.4 is 4.74 Å². The van der Waals surface area contributed by atoms with E-state index in [0.29, 0.717) is 24.2 Å². The van der Waals surface area contributed by atoms with Crippen LogP contribution in [0.5, 0.6) is 5.75 Å². The van der Waals surface area contributed by atoms with Crippen molar-refractivity contribution in [3.05, 3.63) is 41.5 Å². The van der Waals surface area contributed by atoms with E-state index in [1.807, 2.05) is 6.92 Å². The first-order valence-electron chi connectivity index (χ1n) is 10.6. The Kier molecular flexibility index (Phi) is 4.02. The molecule has 0 unspecified atom stereocenters. The van der Waals surface area contributed by atoms with E-state index in [1.165, 1.54) is 30.5 Å². The monoisotopic (exact) mass is 365 g/mol. The Morgan fingerprint density at radius 2 is 2.19 bits per heavy atom. The number of hydrogen-bond acceptors (Lipinski definition) is 3. The fraction of sp³-hybridized carbons (Fsp3) is 0.625. The van der Waals surface area contributed by atoms with Crippen LogP contribution in [0.25, 0.3) is 0 Å². The van der Waals surface area contributed by atoms with Crippen LogP contribution in [0, 0.1) is 17.8 Å². The number of methoxy groups -OCH3 is 1. The largest absolute Gasteiger partial charge is 0.497 e. The van der Waals surface area contributed by atoms with Crippen molar-refractivity contribution in [2.24, 2.45) is 17.8 Å². The summed E-state index contributed by atoms with van der Waals surface area (Å²) in [6.07, 6.45) is 6.70. The van der Waals surface area contributed by atoms with Gasteiger partial charge in [0.15, 0.2) is 0 Å². The van der Waals surface area contributed by atoms with Crippen molar-refractivity contribution in [2.75, 3.05) is 20.2 Å². The highest BCUT2D eigenvalue weighted by molar-refractivity contribution is 5.86. The predicted molar refractivity (Wildman–Crippen MR) is 107 cm³/mol. The lowest BCUT2D eigenvalue weighted by molar-refractivity contribution is -0.131. The van der Waals surface area contributed by atoms with Crippen LogP contribution in [0.3, 0.4) is 0 Å². The SMILES string of the molecule is C=C(C)[C@@H]1C[C@H]2[C@H]3Cc4ccc(OC)cc4[C@@]2(CCN3CC2CC2)CC1=O. The molecule has 0 N–H and O–H groups in total. The molecule has 4 aliphatic rings. The summed E-state index contributed by atoms with van der Waals surface area (Å²) in [4.78, 5) is 15.9. The van der Waals surface area contributed by atoms with Crippen LogP contribution in [-0.2, 0) is 16.6 Å². The fourth-order valence-corrected chi connectivity index (χ4v) is 6.32. The quantitative estimate of drug-likeness (QED) is 0.751. The number of Topliss-reactive ketones (excluding diaryl/α,β-unsaturated/α-hetero) is 1. The Balaban J connectivity index is 1.59. The average Bonchev–Trinajstić information content (AvgIpc) is 3.47.